The lowest BCUT2D eigenvalue weighted by atomic mass is 10.1. The molecule has 0 bridgehead atoms. The van der Waals surface area contributed by atoms with Crippen molar-refractivity contribution in [3.05, 3.63) is 36.1 Å². The molecule has 0 aliphatic heterocycles. The molecule has 0 radical (unpaired) electrons. The maximum atomic E-state index is 12.9. The van der Waals surface area contributed by atoms with Crippen LogP contribution in [0.3, 0.4) is 0 Å². The van der Waals surface area contributed by atoms with Crippen molar-refractivity contribution in [3.63, 3.8) is 0 Å². The first-order valence-electron chi connectivity index (χ1n) is 6.35. The summed E-state index contributed by atoms with van der Waals surface area (Å²) in [6.07, 6.45) is 4.79. The molecule has 1 aliphatic carbocycles. The van der Waals surface area contributed by atoms with Gasteiger partial charge in [0.05, 0.1) is 11.7 Å². The normalized spacial score (nSPS) is 16.3. The summed E-state index contributed by atoms with van der Waals surface area (Å²) >= 11 is 0. The van der Waals surface area contributed by atoms with Gasteiger partial charge in [0.1, 0.15) is 11.6 Å². The van der Waals surface area contributed by atoms with Crippen molar-refractivity contribution in [2.75, 3.05) is 5.73 Å². The highest BCUT2D eigenvalue weighted by atomic mass is 19.1. The first-order chi connectivity index (χ1) is 8.74. The Morgan fingerprint density at radius 1 is 1.17 bits per heavy atom. The summed E-state index contributed by atoms with van der Waals surface area (Å²) in [5.41, 5.74) is 7.74. The quantitative estimate of drug-likeness (QED) is 0.881. The summed E-state index contributed by atoms with van der Waals surface area (Å²) in [6, 6.07) is 8.65. The van der Waals surface area contributed by atoms with Crippen LogP contribution in [-0.4, -0.2) is 9.78 Å². The molecule has 0 amide bonds. The van der Waals surface area contributed by atoms with Gasteiger partial charge in [0.2, 0.25) is 0 Å². The smallest absolute Gasteiger partial charge is 0.123 e. The largest absolute Gasteiger partial charge is 0.384 e. The SMILES string of the molecule is Nc1cc(-c2ccc(F)cc2)nn1C1CCCC1. The van der Waals surface area contributed by atoms with Gasteiger partial charge in [-0.1, -0.05) is 12.8 Å². The van der Waals surface area contributed by atoms with Crippen molar-refractivity contribution in [1.29, 1.82) is 0 Å². The van der Waals surface area contributed by atoms with Crippen LogP contribution in [0.2, 0.25) is 0 Å². The van der Waals surface area contributed by atoms with Gasteiger partial charge in [0.15, 0.2) is 0 Å². The molecule has 1 aromatic carbocycles. The first-order valence-corrected chi connectivity index (χ1v) is 6.35. The molecular weight excluding hydrogens is 229 g/mol. The molecule has 0 spiro atoms. The number of hydrogen-bond donors (Lipinski definition) is 1. The minimum absolute atomic E-state index is 0.234. The van der Waals surface area contributed by atoms with E-state index in [9.17, 15) is 4.39 Å². The van der Waals surface area contributed by atoms with E-state index in [1.807, 2.05) is 10.7 Å². The lowest BCUT2D eigenvalue weighted by Crippen LogP contribution is -2.09. The number of hydrogen-bond acceptors (Lipinski definition) is 2. The molecule has 3 rings (SSSR count). The van der Waals surface area contributed by atoms with Crippen molar-refractivity contribution in [2.45, 2.75) is 31.7 Å². The lowest BCUT2D eigenvalue weighted by Gasteiger charge is -2.11. The number of nitrogens with zero attached hydrogens (tertiary/aromatic N) is 2. The number of benzene rings is 1. The van der Waals surface area contributed by atoms with Crippen LogP contribution in [0.15, 0.2) is 30.3 Å². The Kier molecular flexibility index (Phi) is 2.78. The second-order valence-corrected chi connectivity index (χ2v) is 4.84. The minimum atomic E-state index is -0.234. The Morgan fingerprint density at radius 2 is 1.83 bits per heavy atom. The Labute approximate surface area is 105 Å². The molecule has 1 fully saturated rings. The summed E-state index contributed by atoms with van der Waals surface area (Å²) in [7, 11) is 0. The van der Waals surface area contributed by atoms with Crippen LogP contribution < -0.4 is 5.73 Å². The second kappa shape index (κ2) is 4.44. The zero-order valence-corrected chi connectivity index (χ0v) is 10.1. The topological polar surface area (TPSA) is 43.8 Å². The van der Waals surface area contributed by atoms with E-state index in [1.54, 1.807) is 12.1 Å². The number of aromatic nitrogens is 2. The highest BCUT2D eigenvalue weighted by molar-refractivity contribution is 5.62. The lowest BCUT2D eigenvalue weighted by molar-refractivity contribution is 0.475. The van der Waals surface area contributed by atoms with Gasteiger partial charge in [-0.2, -0.15) is 5.10 Å². The number of nitrogens with two attached hydrogens (primary N) is 1. The molecular formula is C14H16FN3. The molecule has 4 heteroatoms. The van der Waals surface area contributed by atoms with Gasteiger partial charge in [-0.15, -0.1) is 0 Å². The fourth-order valence-corrected chi connectivity index (χ4v) is 2.61. The van der Waals surface area contributed by atoms with Gasteiger partial charge in [0.25, 0.3) is 0 Å². The zero-order valence-electron chi connectivity index (χ0n) is 10.1. The van der Waals surface area contributed by atoms with E-state index >= 15 is 0 Å². The Morgan fingerprint density at radius 3 is 2.50 bits per heavy atom. The molecule has 0 unspecified atom stereocenters. The molecule has 3 nitrogen and oxygen atoms in total. The second-order valence-electron chi connectivity index (χ2n) is 4.84. The van der Waals surface area contributed by atoms with E-state index in [0.29, 0.717) is 11.9 Å². The molecule has 18 heavy (non-hydrogen) atoms. The van der Waals surface area contributed by atoms with Crippen molar-refractivity contribution in [2.24, 2.45) is 0 Å². The Hall–Kier alpha value is -1.84. The van der Waals surface area contributed by atoms with Crippen LogP contribution in [0.5, 0.6) is 0 Å². The first kappa shape index (κ1) is 11.3. The van der Waals surface area contributed by atoms with E-state index in [-0.39, 0.29) is 5.82 Å². The Balaban J connectivity index is 1.94. The van der Waals surface area contributed by atoms with Crippen LogP contribution in [0.25, 0.3) is 11.3 Å². The molecule has 1 heterocycles. The minimum Gasteiger partial charge on any atom is -0.384 e. The standard InChI is InChI=1S/C14H16FN3/c15-11-7-5-10(6-8-11)13-9-14(16)18(17-13)12-3-1-2-4-12/h5-9,12H,1-4,16H2. The number of halogens is 1. The van der Waals surface area contributed by atoms with Crippen molar-refractivity contribution in [3.8, 4) is 11.3 Å². The average molecular weight is 245 g/mol. The molecule has 2 N–H and O–H groups in total. The zero-order chi connectivity index (χ0) is 12.5. The molecule has 1 aliphatic rings. The molecule has 1 aromatic heterocycles. The van der Waals surface area contributed by atoms with Gasteiger partial charge >= 0.3 is 0 Å². The molecule has 94 valence electrons. The van der Waals surface area contributed by atoms with Crippen LogP contribution in [-0.2, 0) is 0 Å². The summed E-state index contributed by atoms with van der Waals surface area (Å²) in [5.74, 6) is 0.461. The van der Waals surface area contributed by atoms with E-state index in [0.717, 1.165) is 24.1 Å². The van der Waals surface area contributed by atoms with Crippen molar-refractivity contribution < 1.29 is 4.39 Å². The highest BCUT2D eigenvalue weighted by Gasteiger charge is 2.20. The molecule has 0 atom stereocenters. The van der Waals surface area contributed by atoms with Crippen LogP contribution >= 0.6 is 0 Å². The van der Waals surface area contributed by atoms with Gasteiger partial charge in [0, 0.05) is 11.6 Å². The van der Waals surface area contributed by atoms with E-state index < -0.39 is 0 Å². The highest BCUT2D eigenvalue weighted by Crippen LogP contribution is 2.32. The average Bonchev–Trinajstić information content (AvgIpc) is 2.99. The van der Waals surface area contributed by atoms with E-state index in [4.69, 9.17) is 5.73 Å². The summed E-state index contributed by atoms with van der Waals surface area (Å²) in [4.78, 5) is 0. The molecule has 0 saturated heterocycles. The summed E-state index contributed by atoms with van der Waals surface area (Å²) in [5, 5.41) is 4.56. The van der Waals surface area contributed by atoms with Gasteiger partial charge in [-0.25, -0.2) is 9.07 Å². The summed E-state index contributed by atoms with van der Waals surface area (Å²) in [6.45, 7) is 0. The predicted molar refractivity (Wildman–Crippen MR) is 69.5 cm³/mol. The number of anilines is 1. The Bertz CT molecular complexity index is 539. The summed E-state index contributed by atoms with van der Waals surface area (Å²) < 4.78 is 14.8. The monoisotopic (exact) mass is 245 g/mol. The third-order valence-corrected chi connectivity index (χ3v) is 3.58. The van der Waals surface area contributed by atoms with Gasteiger partial charge in [-0.05, 0) is 37.1 Å². The molecule has 1 saturated carbocycles. The van der Waals surface area contributed by atoms with Gasteiger partial charge < -0.3 is 5.73 Å². The fraction of sp³-hybridized carbons (Fsp3) is 0.357. The van der Waals surface area contributed by atoms with Gasteiger partial charge in [-0.3, -0.25) is 0 Å². The maximum Gasteiger partial charge on any atom is 0.123 e. The van der Waals surface area contributed by atoms with Crippen LogP contribution in [0.1, 0.15) is 31.7 Å². The predicted octanol–water partition coefficient (Wildman–Crippen LogP) is 3.39. The van der Waals surface area contributed by atoms with Crippen LogP contribution in [0.4, 0.5) is 10.2 Å². The molecule has 2 aromatic rings. The van der Waals surface area contributed by atoms with Crippen molar-refractivity contribution >= 4 is 5.82 Å². The van der Waals surface area contributed by atoms with Crippen LogP contribution in [0, 0.1) is 5.82 Å². The maximum absolute atomic E-state index is 12.9. The third-order valence-electron chi connectivity index (χ3n) is 3.58. The fourth-order valence-electron chi connectivity index (χ4n) is 2.61. The number of nitrogen functional groups attached to an aromatic ring is 1. The third kappa shape index (κ3) is 1.98. The number of rotatable bonds is 2. The van der Waals surface area contributed by atoms with E-state index in [2.05, 4.69) is 5.10 Å². The van der Waals surface area contributed by atoms with Crippen molar-refractivity contribution in [1.82, 2.24) is 9.78 Å². The van der Waals surface area contributed by atoms with E-state index in [1.165, 1.54) is 25.0 Å².